The molecule has 0 spiro atoms. The highest BCUT2D eigenvalue weighted by Gasteiger charge is 2.78. The van der Waals surface area contributed by atoms with Crippen molar-refractivity contribution in [2.24, 2.45) is 5.41 Å². The predicted octanol–water partition coefficient (Wildman–Crippen LogP) is 16.3. The van der Waals surface area contributed by atoms with Crippen LogP contribution in [0.2, 0.25) is 0 Å². The number of aromatic nitrogens is 2. The van der Waals surface area contributed by atoms with Gasteiger partial charge >= 0.3 is 0 Å². The molecule has 2 aromatic heterocycles. The number of ether oxygens (including phenoxy) is 1. The summed E-state index contributed by atoms with van der Waals surface area (Å²) in [4.78, 5) is 5.01. The van der Waals surface area contributed by atoms with Crippen molar-refractivity contribution < 1.29 is 4.74 Å². The van der Waals surface area contributed by atoms with Gasteiger partial charge in [0.1, 0.15) is 17.3 Å². The number of fused-ring (bicyclic) bond motifs is 7. The summed E-state index contributed by atoms with van der Waals surface area (Å²) < 4.78 is 10.7. The first kappa shape index (κ1) is 41.0. The Kier molecular flexibility index (Phi) is 9.11. The van der Waals surface area contributed by atoms with Crippen LogP contribution in [-0.2, 0) is 10.8 Å². The second-order valence-electron chi connectivity index (χ2n) is 21.1. The molecule has 0 bridgehead atoms. The Hall–Kier alpha value is -6.01. The fourth-order valence-corrected chi connectivity index (χ4v) is 9.95. The van der Waals surface area contributed by atoms with Crippen molar-refractivity contribution in [1.29, 1.82) is 0 Å². The van der Waals surface area contributed by atoms with Crippen LogP contribution in [0.3, 0.4) is 0 Å². The molecule has 0 N–H and O–H groups in total. The standard InChI is InChI=1S/C58H61N4O/c1-37(2)47-20-13-14-21-48(47)40-30-44(62-36-61(62,53-28-38(3)39(4)29-54(53)62)43-19-17-18-41(32-43)56(5,6)7)34-46(31-40)63-45-24-25-50-49-22-15-16-23-51(49)60(52(50)35-45)55-33-42(26-27-59-55)58(11,12)57(8,9)10/h13-37H,1-12H3/q+1/t61-,62?/m0/s1. The van der Waals surface area contributed by atoms with Gasteiger partial charge in [-0.25, -0.2) is 4.98 Å². The lowest BCUT2D eigenvalue weighted by Gasteiger charge is -2.41. The third kappa shape index (κ3) is 6.14. The number of aryl methyl sites for hydroxylation is 2. The molecular formula is C58H61N4O+. The highest BCUT2D eigenvalue weighted by atomic mass is 16.5. The van der Waals surface area contributed by atoms with Crippen LogP contribution in [0.5, 0.6) is 11.5 Å². The monoisotopic (exact) mass is 829 g/mol. The van der Waals surface area contributed by atoms with E-state index in [1.54, 1.807) is 0 Å². The molecule has 0 amide bonds. The van der Waals surface area contributed by atoms with Crippen LogP contribution in [0, 0.1) is 25.9 Å². The van der Waals surface area contributed by atoms with Crippen LogP contribution in [-0.4, -0.2) is 9.55 Å². The summed E-state index contributed by atoms with van der Waals surface area (Å²) in [5.41, 5.74) is 16.2. The van der Waals surface area contributed by atoms with E-state index < -0.39 is 0 Å². The zero-order chi connectivity index (χ0) is 44.4. The van der Waals surface area contributed by atoms with E-state index in [4.69, 9.17) is 9.72 Å². The van der Waals surface area contributed by atoms with Crippen LogP contribution in [0.4, 0.5) is 22.7 Å². The van der Waals surface area contributed by atoms with Gasteiger partial charge < -0.3 is 4.74 Å². The van der Waals surface area contributed by atoms with Gasteiger partial charge in [0.2, 0.25) is 11.4 Å². The van der Waals surface area contributed by atoms with Crippen molar-refractivity contribution in [2.45, 2.75) is 99.8 Å². The summed E-state index contributed by atoms with van der Waals surface area (Å²) in [6.45, 7) is 30.0. The molecular weight excluding hydrogens is 769 g/mol. The molecule has 0 aliphatic carbocycles. The first-order valence-electron chi connectivity index (χ1n) is 22.7. The molecule has 5 heteroatoms. The Balaban J connectivity index is 1.15. The maximum atomic E-state index is 7.15. The Bertz CT molecular complexity index is 3140. The van der Waals surface area contributed by atoms with E-state index >= 15 is 0 Å². The molecule has 2 aliphatic heterocycles. The quantitative estimate of drug-likeness (QED) is 0.0867. The SMILES string of the molecule is Cc1cc2c(cc1C)[N@@+]1(c3cccc(C(C)(C)C)c3)[CH-][N+]21c1cc(Oc2ccc3c4ccccc4n(-c4cc(C(C)(C)C(C)(C)C)ccn4)c3c2)cc(-c2ccccc2C(C)C)c1. The second-order valence-corrected chi connectivity index (χ2v) is 21.1. The van der Waals surface area contributed by atoms with E-state index in [1.807, 2.05) is 6.20 Å². The van der Waals surface area contributed by atoms with Gasteiger partial charge in [-0.2, -0.15) is 9.18 Å². The minimum atomic E-state index is -0.0736. The summed E-state index contributed by atoms with van der Waals surface area (Å²) in [7, 11) is 0. The van der Waals surface area contributed by atoms with E-state index in [0.717, 1.165) is 33.9 Å². The third-order valence-corrected chi connectivity index (χ3v) is 14.8. The molecule has 2 aliphatic rings. The number of rotatable bonds is 8. The van der Waals surface area contributed by atoms with Crippen LogP contribution in [0.25, 0.3) is 38.8 Å². The largest absolute Gasteiger partial charge is 0.457 e. The number of hydrogen-bond donors (Lipinski definition) is 0. The lowest BCUT2D eigenvalue weighted by Crippen LogP contribution is -2.46. The minimum absolute atomic E-state index is 0.0209. The zero-order valence-corrected chi connectivity index (χ0v) is 39.1. The summed E-state index contributed by atoms with van der Waals surface area (Å²) in [6.07, 6.45) is 1.97. The topological polar surface area (TPSA) is 27.1 Å². The molecule has 6 aromatic carbocycles. The molecule has 2 atom stereocenters. The lowest BCUT2D eigenvalue weighted by atomic mass is 9.65. The van der Waals surface area contributed by atoms with Crippen molar-refractivity contribution >= 4 is 44.6 Å². The number of hydrogen-bond acceptors (Lipinski definition) is 2. The van der Waals surface area contributed by atoms with Crippen molar-refractivity contribution in [1.82, 2.24) is 18.7 Å². The fraction of sp³-hybridized carbons (Fsp3) is 0.276. The normalized spacial score (nSPS) is 18.4. The molecule has 1 fully saturated rings. The van der Waals surface area contributed by atoms with Crippen LogP contribution < -0.4 is 13.9 Å². The number of nitrogens with zero attached hydrogens (tertiary/aromatic N) is 4. The Morgan fingerprint density at radius 3 is 1.98 bits per heavy atom. The van der Waals surface area contributed by atoms with E-state index in [0.29, 0.717) is 15.1 Å². The predicted molar refractivity (Wildman–Crippen MR) is 265 cm³/mol. The van der Waals surface area contributed by atoms with Gasteiger partial charge in [-0.15, -0.1) is 0 Å². The number of quaternary nitrogens is 2. The summed E-state index contributed by atoms with van der Waals surface area (Å²) >= 11 is 0. The Morgan fingerprint density at radius 2 is 1.27 bits per heavy atom. The molecule has 0 saturated carbocycles. The first-order valence-corrected chi connectivity index (χ1v) is 22.7. The molecule has 1 saturated heterocycles. The highest BCUT2D eigenvalue weighted by molar-refractivity contribution is 6.09. The fourth-order valence-electron chi connectivity index (χ4n) is 9.95. The van der Waals surface area contributed by atoms with E-state index in [9.17, 15) is 0 Å². The lowest BCUT2D eigenvalue weighted by molar-refractivity contribution is 0.225. The van der Waals surface area contributed by atoms with Gasteiger partial charge in [-0.3, -0.25) is 4.57 Å². The molecule has 318 valence electrons. The van der Waals surface area contributed by atoms with Crippen molar-refractivity contribution in [3.8, 4) is 28.4 Å². The number of para-hydroxylation sites is 1. The van der Waals surface area contributed by atoms with Gasteiger partial charge in [0.15, 0.2) is 18.0 Å². The van der Waals surface area contributed by atoms with Gasteiger partial charge in [0, 0.05) is 59.4 Å². The van der Waals surface area contributed by atoms with E-state index in [2.05, 4.69) is 228 Å². The maximum absolute atomic E-state index is 7.15. The van der Waals surface area contributed by atoms with Crippen molar-refractivity contribution in [3.05, 3.63) is 174 Å². The molecule has 1 unspecified atom stereocenters. The average Bonchev–Trinajstić information content (AvgIpc) is 3.76. The molecule has 0 radical (unpaired) electrons. The Morgan fingerprint density at radius 1 is 0.587 bits per heavy atom. The zero-order valence-electron chi connectivity index (χ0n) is 39.1. The molecule has 63 heavy (non-hydrogen) atoms. The Labute approximate surface area is 374 Å². The second kappa shape index (κ2) is 14.0. The minimum Gasteiger partial charge on any atom is -0.457 e. The summed E-state index contributed by atoms with van der Waals surface area (Å²) in [5, 5.41) is 2.36. The maximum Gasteiger partial charge on any atom is 0.225 e. The van der Waals surface area contributed by atoms with Gasteiger partial charge in [0.25, 0.3) is 0 Å². The summed E-state index contributed by atoms with van der Waals surface area (Å²) in [5.74, 6) is 2.84. The molecule has 5 nitrogen and oxygen atoms in total. The van der Waals surface area contributed by atoms with Crippen molar-refractivity contribution in [2.75, 3.05) is 0 Å². The smallest absolute Gasteiger partial charge is 0.225 e. The van der Waals surface area contributed by atoms with E-state index in [1.165, 1.54) is 66.9 Å². The van der Waals surface area contributed by atoms with E-state index in [-0.39, 0.29) is 16.2 Å². The van der Waals surface area contributed by atoms with Crippen LogP contribution >= 0.6 is 0 Å². The third-order valence-electron chi connectivity index (χ3n) is 14.8. The molecule has 10 rings (SSSR count). The van der Waals surface area contributed by atoms with Crippen molar-refractivity contribution in [3.63, 3.8) is 0 Å². The first-order chi connectivity index (χ1) is 29.8. The van der Waals surface area contributed by atoms with Crippen LogP contribution in [0.15, 0.2) is 140 Å². The van der Waals surface area contributed by atoms with Gasteiger partial charge in [-0.1, -0.05) is 124 Å². The average molecular weight is 830 g/mol. The number of pyridine rings is 1. The van der Waals surface area contributed by atoms with Crippen LogP contribution in [0.1, 0.15) is 103 Å². The molecule has 4 heterocycles. The number of benzene rings is 6. The van der Waals surface area contributed by atoms with Gasteiger partial charge in [-0.05, 0) is 111 Å². The summed E-state index contributed by atoms with van der Waals surface area (Å²) in [6, 6.07) is 49.5. The highest BCUT2D eigenvalue weighted by Crippen LogP contribution is 2.76. The van der Waals surface area contributed by atoms with Gasteiger partial charge in [0.05, 0.1) is 11.0 Å². The molecule has 8 aromatic rings.